The van der Waals surface area contributed by atoms with Crippen molar-refractivity contribution in [1.82, 2.24) is 14.8 Å². The lowest BCUT2D eigenvalue weighted by Gasteiger charge is -2.35. The number of fused-ring (bicyclic) bond motifs is 2. The van der Waals surface area contributed by atoms with Gasteiger partial charge in [-0.3, -0.25) is 9.59 Å². The van der Waals surface area contributed by atoms with E-state index in [0.717, 1.165) is 41.6 Å². The van der Waals surface area contributed by atoms with Gasteiger partial charge in [0.2, 0.25) is 5.79 Å². The summed E-state index contributed by atoms with van der Waals surface area (Å²) in [6, 6.07) is 2.58. The van der Waals surface area contributed by atoms with Crippen LogP contribution in [-0.2, 0) is 13.0 Å². The summed E-state index contributed by atoms with van der Waals surface area (Å²) in [7, 11) is 4.31. The summed E-state index contributed by atoms with van der Waals surface area (Å²) in [5, 5.41) is 0.480. The van der Waals surface area contributed by atoms with Gasteiger partial charge in [0.05, 0.1) is 17.1 Å². The fourth-order valence-electron chi connectivity index (χ4n) is 6.45. The Bertz CT molecular complexity index is 1300. The first-order valence-corrected chi connectivity index (χ1v) is 13.7. The maximum atomic E-state index is 13.7. The summed E-state index contributed by atoms with van der Waals surface area (Å²) in [5.74, 6) is 0.743. The SMILES string of the molecule is Cc1cc(C)c(CN2CCc3c(Cl)c4c(c(C)c3C2=O)OC(C)(C[C@H]2CC[C@H](N(C)C)CC2)O4)c(=O)[nH]1. The number of nitrogens with zero attached hydrogens (tertiary/aromatic N) is 2. The Morgan fingerprint density at radius 1 is 1.11 bits per heavy atom. The molecule has 8 heteroatoms. The minimum atomic E-state index is -0.800. The summed E-state index contributed by atoms with van der Waals surface area (Å²) < 4.78 is 12.9. The highest BCUT2D eigenvalue weighted by molar-refractivity contribution is 6.34. The molecule has 1 N–H and O–H groups in total. The Morgan fingerprint density at radius 3 is 2.43 bits per heavy atom. The number of halogens is 1. The van der Waals surface area contributed by atoms with E-state index in [2.05, 4.69) is 24.0 Å². The van der Waals surface area contributed by atoms with Crippen LogP contribution in [0, 0.1) is 26.7 Å². The number of ether oxygens (including phenoxy) is 2. The van der Waals surface area contributed by atoms with E-state index in [1.54, 1.807) is 4.90 Å². The second-order valence-electron chi connectivity index (χ2n) is 11.6. The molecule has 1 aliphatic carbocycles. The van der Waals surface area contributed by atoms with Crippen LogP contribution >= 0.6 is 11.6 Å². The van der Waals surface area contributed by atoms with Crippen LogP contribution in [0.15, 0.2) is 10.9 Å². The predicted octanol–water partition coefficient (Wildman–Crippen LogP) is 5.15. The lowest BCUT2D eigenvalue weighted by Crippen LogP contribution is -2.39. The van der Waals surface area contributed by atoms with Crippen molar-refractivity contribution < 1.29 is 14.3 Å². The largest absolute Gasteiger partial charge is 0.448 e. The summed E-state index contributed by atoms with van der Waals surface area (Å²) in [4.78, 5) is 33.2. The van der Waals surface area contributed by atoms with Gasteiger partial charge in [0.1, 0.15) is 0 Å². The molecule has 7 nitrogen and oxygen atoms in total. The van der Waals surface area contributed by atoms with E-state index >= 15 is 0 Å². The predicted molar refractivity (Wildman–Crippen MR) is 145 cm³/mol. The van der Waals surface area contributed by atoms with E-state index in [9.17, 15) is 9.59 Å². The zero-order valence-corrected chi connectivity index (χ0v) is 23.6. The molecule has 37 heavy (non-hydrogen) atoms. The third-order valence-electron chi connectivity index (χ3n) is 8.51. The van der Waals surface area contributed by atoms with Crippen LogP contribution in [-0.4, -0.2) is 53.2 Å². The van der Waals surface area contributed by atoms with E-state index in [0.29, 0.717) is 52.6 Å². The first-order valence-electron chi connectivity index (χ1n) is 13.4. The molecule has 5 rings (SSSR count). The van der Waals surface area contributed by atoms with Gasteiger partial charge in [-0.2, -0.15) is 0 Å². The molecule has 1 aromatic carbocycles. The van der Waals surface area contributed by atoms with Crippen molar-refractivity contribution in [2.45, 2.75) is 84.6 Å². The maximum absolute atomic E-state index is 13.7. The van der Waals surface area contributed by atoms with Crippen LogP contribution in [0.4, 0.5) is 0 Å². The van der Waals surface area contributed by atoms with Gasteiger partial charge in [-0.1, -0.05) is 11.6 Å². The number of H-pyrrole nitrogens is 1. The molecule has 0 saturated heterocycles. The van der Waals surface area contributed by atoms with Gasteiger partial charge in [-0.15, -0.1) is 0 Å². The van der Waals surface area contributed by atoms with Gasteiger partial charge >= 0.3 is 0 Å². The van der Waals surface area contributed by atoms with Crippen molar-refractivity contribution in [3.8, 4) is 11.5 Å². The van der Waals surface area contributed by atoms with Crippen LogP contribution in [0.1, 0.15) is 77.3 Å². The number of aromatic amines is 1. The molecule has 0 radical (unpaired) electrons. The molecule has 1 atom stereocenters. The number of pyridine rings is 1. The molecule has 3 heterocycles. The quantitative estimate of drug-likeness (QED) is 0.582. The minimum absolute atomic E-state index is 0.123. The van der Waals surface area contributed by atoms with E-state index in [1.165, 1.54) is 12.8 Å². The van der Waals surface area contributed by atoms with Gasteiger partial charge in [0, 0.05) is 42.8 Å². The second kappa shape index (κ2) is 9.66. The number of aryl methyl sites for hydroxylation is 2. The summed E-state index contributed by atoms with van der Waals surface area (Å²) in [6.45, 7) is 8.42. The fraction of sp³-hybridized carbons (Fsp3) is 0.586. The number of nitrogens with one attached hydrogen (secondary N) is 1. The van der Waals surface area contributed by atoms with Crippen molar-refractivity contribution in [3.63, 3.8) is 0 Å². The number of carbonyl (C=O) groups is 1. The highest BCUT2D eigenvalue weighted by Crippen LogP contribution is 2.52. The lowest BCUT2D eigenvalue weighted by molar-refractivity contribution is -0.0840. The van der Waals surface area contributed by atoms with Crippen molar-refractivity contribution >= 4 is 17.5 Å². The Kier molecular flexibility index (Phi) is 6.82. The molecule has 2 aliphatic heterocycles. The van der Waals surface area contributed by atoms with Gasteiger partial charge in [-0.05, 0) is 90.1 Å². The lowest BCUT2D eigenvalue weighted by atomic mass is 9.82. The fourth-order valence-corrected chi connectivity index (χ4v) is 6.76. The maximum Gasteiger partial charge on any atom is 0.254 e. The van der Waals surface area contributed by atoms with Crippen LogP contribution in [0.3, 0.4) is 0 Å². The number of aromatic nitrogens is 1. The standard InChI is InChI=1S/C29H38ClN3O4/c1-16-13-17(2)31-27(34)22(16)15-33-12-11-21-23(28(33)35)18(3)25-26(24(21)30)37-29(4,36-25)14-19-7-9-20(10-8-19)32(5)6/h13,19-20H,7-12,14-15H2,1-6H3,(H,31,34)/t19-,20-,29?. The molecule has 1 aromatic heterocycles. The van der Waals surface area contributed by atoms with Gasteiger partial charge < -0.3 is 24.3 Å². The highest BCUT2D eigenvalue weighted by Gasteiger charge is 2.44. The third kappa shape index (κ3) is 4.76. The first kappa shape index (κ1) is 26.1. The number of hydrogen-bond acceptors (Lipinski definition) is 5. The molecule has 0 spiro atoms. The average Bonchev–Trinajstić information content (AvgIpc) is 3.18. The van der Waals surface area contributed by atoms with Crippen molar-refractivity contribution in [1.29, 1.82) is 0 Å². The molecule has 0 bridgehead atoms. The van der Waals surface area contributed by atoms with Gasteiger partial charge in [-0.25, -0.2) is 0 Å². The van der Waals surface area contributed by atoms with Gasteiger partial charge in [0.15, 0.2) is 11.5 Å². The Labute approximate surface area is 224 Å². The van der Waals surface area contributed by atoms with Crippen LogP contribution in [0.2, 0.25) is 5.02 Å². The molecule has 200 valence electrons. The monoisotopic (exact) mass is 527 g/mol. The molecule has 3 aliphatic rings. The van der Waals surface area contributed by atoms with Crippen LogP contribution in [0.5, 0.6) is 11.5 Å². The van der Waals surface area contributed by atoms with E-state index in [1.807, 2.05) is 33.8 Å². The zero-order chi connectivity index (χ0) is 26.6. The zero-order valence-electron chi connectivity index (χ0n) is 22.8. The Balaban J connectivity index is 1.38. The van der Waals surface area contributed by atoms with Crippen LogP contribution in [0.25, 0.3) is 0 Å². The normalized spacial score (nSPS) is 25.1. The van der Waals surface area contributed by atoms with Crippen LogP contribution < -0.4 is 15.0 Å². The van der Waals surface area contributed by atoms with E-state index in [-0.39, 0.29) is 18.0 Å². The summed E-state index contributed by atoms with van der Waals surface area (Å²) in [6.07, 6.45) is 6.06. The first-order chi connectivity index (χ1) is 17.5. The van der Waals surface area contributed by atoms with Crippen molar-refractivity contribution in [3.05, 3.63) is 55.0 Å². The molecular formula is C29H38ClN3O4. The smallest absolute Gasteiger partial charge is 0.254 e. The van der Waals surface area contributed by atoms with Crippen molar-refractivity contribution in [2.24, 2.45) is 5.92 Å². The van der Waals surface area contributed by atoms with Crippen molar-refractivity contribution in [2.75, 3.05) is 20.6 Å². The Morgan fingerprint density at radius 2 is 1.78 bits per heavy atom. The summed E-state index contributed by atoms with van der Waals surface area (Å²) in [5.41, 5.74) is 4.32. The molecular weight excluding hydrogens is 490 g/mol. The number of rotatable bonds is 5. The topological polar surface area (TPSA) is 74.9 Å². The van der Waals surface area contributed by atoms with E-state index < -0.39 is 5.79 Å². The second-order valence-corrected chi connectivity index (χ2v) is 11.9. The third-order valence-corrected chi connectivity index (χ3v) is 8.91. The molecule has 1 saturated carbocycles. The molecule has 1 amide bonds. The number of benzene rings is 1. The molecule has 1 unspecified atom stereocenters. The number of hydrogen-bond donors (Lipinski definition) is 1. The highest BCUT2D eigenvalue weighted by atomic mass is 35.5. The number of amides is 1. The average molecular weight is 528 g/mol. The minimum Gasteiger partial charge on any atom is -0.448 e. The Hall–Kier alpha value is -2.51. The number of carbonyl (C=O) groups excluding carboxylic acids is 1. The van der Waals surface area contributed by atoms with Gasteiger partial charge in [0.25, 0.3) is 11.5 Å². The van der Waals surface area contributed by atoms with E-state index in [4.69, 9.17) is 21.1 Å². The molecule has 1 fully saturated rings. The molecule has 2 aromatic rings. The summed E-state index contributed by atoms with van der Waals surface area (Å²) >= 11 is 6.87.